The molecule has 0 bridgehead atoms. The number of nitrogens with zero attached hydrogens (tertiary/aromatic N) is 2. The van der Waals surface area contributed by atoms with E-state index in [2.05, 4.69) is 101 Å². The largest absolute Gasteiger partial charge is 0.292 e. The van der Waals surface area contributed by atoms with Crippen molar-refractivity contribution in [3.05, 3.63) is 97.1 Å². The third-order valence-electron chi connectivity index (χ3n) is 5.36. The Kier molecular flexibility index (Phi) is 2.91. The molecule has 0 fully saturated rings. The van der Waals surface area contributed by atoms with Gasteiger partial charge in [-0.25, -0.2) is 4.98 Å². The molecule has 0 radical (unpaired) electrons. The monoisotopic (exact) mass is 344 g/mol. The van der Waals surface area contributed by atoms with Crippen LogP contribution >= 0.6 is 0 Å². The van der Waals surface area contributed by atoms with E-state index in [4.69, 9.17) is 4.98 Å². The minimum absolute atomic E-state index is 1.02. The summed E-state index contributed by atoms with van der Waals surface area (Å²) >= 11 is 0. The molecule has 0 saturated heterocycles. The first kappa shape index (κ1) is 14.5. The van der Waals surface area contributed by atoms with E-state index in [9.17, 15) is 0 Å². The molecule has 0 aliphatic rings. The van der Waals surface area contributed by atoms with Crippen LogP contribution in [0.5, 0.6) is 0 Å². The molecule has 6 aromatic rings. The van der Waals surface area contributed by atoms with E-state index in [0.717, 1.165) is 16.7 Å². The van der Waals surface area contributed by atoms with Crippen LogP contribution in [0.4, 0.5) is 0 Å². The van der Waals surface area contributed by atoms with Crippen LogP contribution in [0.2, 0.25) is 0 Å². The van der Waals surface area contributed by atoms with E-state index in [1.807, 2.05) is 0 Å². The van der Waals surface area contributed by atoms with Gasteiger partial charge in [0.15, 0.2) is 0 Å². The van der Waals surface area contributed by atoms with E-state index in [1.54, 1.807) is 0 Å². The van der Waals surface area contributed by atoms with Crippen molar-refractivity contribution in [1.29, 1.82) is 0 Å². The summed E-state index contributed by atoms with van der Waals surface area (Å²) < 4.78 is 2.29. The van der Waals surface area contributed by atoms with Gasteiger partial charge in [0.1, 0.15) is 5.65 Å². The zero-order valence-corrected chi connectivity index (χ0v) is 14.6. The van der Waals surface area contributed by atoms with E-state index in [-0.39, 0.29) is 0 Å². The van der Waals surface area contributed by atoms with Gasteiger partial charge in [0.25, 0.3) is 0 Å². The van der Waals surface area contributed by atoms with Crippen LogP contribution < -0.4 is 0 Å². The van der Waals surface area contributed by atoms with Gasteiger partial charge in [-0.3, -0.25) is 4.40 Å². The molecular weight excluding hydrogens is 328 g/mol. The summed E-state index contributed by atoms with van der Waals surface area (Å²) in [6.07, 6.45) is 0. The maximum absolute atomic E-state index is 4.99. The van der Waals surface area contributed by atoms with Crippen LogP contribution in [0.25, 0.3) is 49.5 Å². The van der Waals surface area contributed by atoms with Crippen molar-refractivity contribution in [2.24, 2.45) is 0 Å². The van der Waals surface area contributed by atoms with Crippen LogP contribution in [0.15, 0.2) is 97.1 Å². The Morgan fingerprint density at radius 2 is 1.26 bits per heavy atom. The first-order valence-electron chi connectivity index (χ1n) is 9.17. The summed E-state index contributed by atoms with van der Waals surface area (Å²) in [5.74, 6) is 0. The maximum Gasteiger partial charge on any atom is 0.146 e. The molecule has 2 heterocycles. The van der Waals surface area contributed by atoms with E-state index in [1.165, 1.54) is 32.8 Å². The van der Waals surface area contributed by atoms with E-state index < -0.39 is 0 Å². The highest BCUT2D eigenvalue weighted by atomic mass is 15.0. The van der Waals surface area contributed by atoms with Gasteiger partial charge in [-0.1, -0.05) is 72.8 Å². The summed E-state index contributed by atoms with van der Waals surface area (Å²) in [6, 6.07) is 34.2. The molecule has 126 valence electrons. The van der Waals surface area contributed by atoms with Crippen molar-refractivity contribution in [2.75, 3.05) is 0 Å². The maximum atomic E-state index is 4.99. The second-order valence-electron chi connectivity index (χ2n) is 6.90. The molecule has 0 amide bonds. The quantitative estimate of drug-likeness (QED) is 0.313. The highest BCUT2D eigenvalue weighted by Crippen LogP contribution is 2.34. The number of hydrogen-bond donors (Lipinski definition) is 0. The second kappa shape index (κ2) is 5.42. The zero-order valence-electron chi connectivity index (χ0n) is 14.6. The van der Waals surface area contributed by atoms with Crippen LogP contribution in [-0.2, 0) is 0 Å². The standard InChI is InChI=1S/C25H16N2/c1-2-8-17(9-3-1)18-14-15-19-20-10-4-6-12-23(20)27-24-13-7-5-11-22(24)26-25(27)21(19)16-18/h1-16H. The van der Waals surface area contributed by atoms with E-state index >= 15 is 0 Å². The number of hydrogen-bond acceptors (Lipinski definition) is 1. The van der Waals surface area contributed by atoms with Crippen LogP contribution in [0.1, 0.15) is 0 Å². The molecule has 27 heavy (non-hydrogen) atoms. The van der Waals surface area contributed by atoms with Crippen LogP contribution in [0.3, 0.4) is 0 Å². The highest BCUT2D eigenvalue weighted by Gasteiger charge is 2.13. The fourth-order valence-corrected chi connectivity index (χ4v) is 4.12. The van der Waals surface area contributed by atoms with Crippen LogP contribution in [0, 0.1) is 0 Å². The van der Waals surface area contributed by atoms with Crippen molar-refractivity contribution in [1.82, 2.24) is 9.38 Å². The van der Waals surface area contributed by atoms with Gasteiger partial charge in [0.2, 0.25) is 0 Å². The molecule has 2 heteroatoms. The minimum atomic E-state index is 1.02. The van der Waals surface area contributed by atoms with Crippen molar-refractivity contribution < 1.29 is 0 Å². The number of para-hydroxylation sites is 3. The van der Waals surface area contributed by atoms with Gasteiger partial charge in [0, 0.05) is 10.8 Å². The highest BCUT2D eigenvalue weighted by molar-refractivity contribution is 6.14. The zero-order chi connectivity index (χ0) is 17.8. The first-order chi connectivity index (χ1) is 13.4. The third-order valence-corrected chi connectivity index (χ3v) is 5.36. The summed E-state index contributed by atoms with van der Waals surface area (Å²) in [5.41, 5.74) is 6.83. The summed E-state index contributed by atoms with van der Waals surface area (Å²) in [5, 5.41) is 3.68. The Morgan fingerprint density at radius 3 is 2.15 bits per heavy atom. The number of aromatic nitrogens is 2. The number of imidazole rings is 1. The fourth-order valence-electron chi connectivity index (χ4n) is 4.12. The SMILES string of the molecule is c1ccc(-c2ccc3c4ccccc4n4c5ccccc5nc4c3c2)cc1. The Labute approximate surface area is 156 Å². The molecule has 4 aromatic carbocycles. The topological polar surface area (TPSA) is 17.3 Å². The lowest BCUT2D eigenvalue weighted by atomic mass is 9.99. The molecule has 6 rings (SSSR count). The summed E-state index contributed by atoms with van der Waals surface area (Å²) in [7, 11) is 0. The van der Waals surface area contributed by atoms with Gasteiger partial charge in [-0.05, 0) is 40.8 Å². The average molecular weight is 344 g/mol. The molecule has 0 spiro atoms. The van der Waals surface area contributed by atoms with Gasteiger partial charge < -0.3 is 0 Å². The third kappa shape index (κ3) is 2.04. The predicted octanol–water partition coefficient (Wildman–Crippen LogP) is 6.46. The van der Waals surface area contributed by atoms with Gasteiger partial charge in [0.05, 0.1) is 16.6 Å². The molecular formula is C25H16N2. The molecule has 0 aliphatic heterocycles. The lowest BCUT2D eigenvalue weighted by Gasteiger charge is -2.10. The smallest absolute Gasteiger partial charge is 0.146 e. The van der Waals surface area contributed by atoms with Crippen molar-refractivity contribution >= 4 is 38.4 Å². The van der Waals surface area contributed by atoms with E-state index in [0.29, 0.717) is 0 Å². The normalized spacial score (nSPS) is 11.7. The second-order valence-corrected chi connectivity index (χ2v) is 6.90. The number of rotatable bonds is 1. The van der Waals surface area contributed by atoms with Crippen molar-refractivity contribution in [2.45, 2.75) is 0 Å². The number of pyridine rings is 1. The number of benzene rings is 4. The van der Waals surface area contributed by atoms with Gasteiger partial charge >= 0.3 is 0 Å². The van der Waals surface area contributed by atoms with Crippen molar-refractivity contribution in [3.8, 4) is 11.1 Å². The molecule has 2 nitrogen and oxygen atoms in total. The van der Waals surface area contributed by atoms with Gasteiger partial charge in [-0.2, -0.15) is 0 Å². The Balaban J connectivity index is 1.85. The van der Waals surface area contributed by atoms with Crippen molar-refractivity contribution in [3.63, 3.8) is 0 Å². The molecule has 0 unspecified atom stereocenters. The van der Waals surface area contributed by atoms with Crippen LogP contribution in [-0.4, -0.2) is 9.38 Å². The lowest BCUT2D eigenvalue weighted by Crippen LogP contribution is -1.91. The Morgan fingerprint density at radius 1 is 0.519 bits per heavy atom. The van der Waals surface area contributed by atoms with Gasteiger partial charge in [-0.15, -0.1) is 0 Å². The Hall–Kier alpha value is -3.65. The molecule has 0 N–H and O–H groups in total. The lowest BCUT2D eigenvalue weighted by molar-refractivity contribution is 1.31. The molecule has 0 saturated carbocycles. The minimum Gasteiger partial charge on any atom is -0.292 e. The molecule has 2 aromatic heterocycles. The fraction of sp³-hybridized carbons (Fsp3) is 0. The average Bonchev–Trinajstić information content (AvgIpc) is 3.14. The molecule has 0 atom stereocenters. The summed E-state index contributed by atoms with van der Waals surface area (Å²) in [4.78, 5) is 4.99. The Bertz CT molecular complexity index is 1460. The summed E-state index contributed by atoms with van der Waals surface area (Å²) in [6.45, 7) is 0. The predicted molar refractivity (Wildman–Crippen MR) is 113 cm³/mol. The molecule has 0 aliphatic carbocycles. The first-order valence-corrected chi connectivity index (χ1v) is 9.17. The number of fused-ring (bicyclic) bond motifs is 8.